The molecule has 0 aliphatic heterocycles. The van der Waals surface area contributed by atoms with E-state index in [2.05, 4.69) is 10.6 Å². The van der Waals surface area contributed by atoms with E-state index < -0.39 is 15.8 Å². The van der Waals surface area contributed by atoms with Crippen molar-refractivity contribution >= 4 is 28.7 Å². The van der Waals surface area contributed by atoms with E-state index in [-0.39, 0.29) is 23.7 Å². The van der Waals surface area contributed by atoms with Gasteiger partial charge in [-0.25, -0.2) is 0 Å². The number of methoxy groups -OCH3 is 1. The van der Waals surface area contributed by atoms with Gasteiger partial charge >= 0.3 is 5.69 Å². The molecule has 27 heavy (non-hydrogen) atoms. The molecule has 0 aliphatic rings. The molecular formula is C17H18N4O6. The minimum atomic E-state index is -0.565. The van der Waals surface area contributed by atoms with E-state index >= 15 is 0 Å². The van der Waals surface area contributed by atoms with Gasteiger partial charge in [0.1, 0.15) is 0 Å². The number of hydrogen-bond donors (Lipinski definition) is 2. The van der Waals surface area contributed by atoms with Crippen molar-refractivity contribution in [3.8, 4) is 5.75 Å². The van der Waals surface area contributed by atoms with Crippen molar-refractivity contribution in [3.63, 3.8) is 0 Å². The Morgan fingerprint density at radius 1 is 1.07 bits per heavy atom. The van der Waals surface area contributed by atoms with Crippen molar-refractivity contribution in [1.82, 2.24) is 0 Å². The molecule has 2 N–H and O–H groups in total. The van der Waals surface area contributed by atoms with E-state index in [4.69, 9.17) is 4.74 Å². The van der Waals surface area contributed by atoms with Gasteiger partial charge in [0.2, 0.25) is 5.91 Å². The summed E-state index contributed by atoms with van der Waals surface area (Å²) in [5, 5.41) is 27.5. The number of ether oxygens (including phenoxy) is 1. The first-order valence-electron chi connectivity index (χ1n) is 7.85. The Hall–Kier alpha value is -3.69. The number of hydrogen-bond acceptors (Lipinski definition) is 7. The smallest absolute Gasteiger partial charge is 0.311 e. The Balaban J connectivity index is 2.12. The fourth-order valence-electron chi connectivity index (χ4n) is 2.50. The molecule has 1 amide bonds. The summed E-state index contributed by atoms with van der Waals surface area (Å²) in [6.45, 7) is 3.07. The Bertz CT molecular complexity index is 913. The lowest BCUT2D eigenvalue weighted by molar-refractivity contribution is -0.385. The lowest BCUT2D eigenvalue weighted by Gasteiger charge is -2.12. The van der Waals surface area contributed by atoms with Crippen LogP contribution in [-0.4, -0.2) is 29.4 Å². The average molecular weight is 374 g/mol. The van der Waals surface area contributed by atoms with Crippen LogP contribution in [0.4, 0.5) is 22.7 Å². The van der Waals surface area contributed by atoms with Crippen molar-refractivity contribution in [2.24, 2.45) is 0 Å². The molecule has 0 heterocycles. The Morgan fingerprint density at radius 2 is 1.74 bits per heavy atom. The number of amides is 1. The van der Waals surface area contributed by atoms with Gasteiger partial charge in [-0.15, -0.1) is 0 Å². The van der Waals surface area contributed by atoms with Gasteiger partial charge in [-0.2, -0.15) is 0 Å². The van der Waals surface area contributed by atoms with Crippen molar-refractivity contribution in [3.05, 3.63) is 61.7 Å². The molecule has 0 saturated carbocycles. The van der Waals surface area contributed by atoms with Gasteiger partial charge in [-0.05, 0) is 25.5 Å². The monoisotopic (exact) mass is 374 g/mol. The molecule has 0 spiro atoms. The molecule has 0 fully saturated rings. The lowest BCUT2D eigenvalue weighted by atomic mass is 10.1. The van der Waals surface area contributed by atoms with Crippen molar-refractivity contribution in [2.75, 3.05) is 24.3 Å². The molecule has 0 atom stereocenters. The molecule has 2 rings (SSSR count). The van der Waals surface area contributed by atoms with E-state index in [1.54, 1.807) is 19.9 Å². The second-order valence-corrected chi connectivity index (χ2v) is 5.70. The third-order valence-corrected chi connectivity index (χ3v) is 3.94. The fourth-order valence-corrected chi connectivity index (χ4v) is 2.50. The number of benzene rings is 2. The summed E-state index contributed by atoms with van der Waals surface area (Å²) >= 11 is 0. The number of nitrogens with zero attached hydrogens (tertiary/aromatic N) is 2. The molecule has 0 unspecified atom stereocenters. The van der Waals surface area contributed by atoms with E-state index in [9.17, 15) is 25.0 Å². The highest BCUT2D eigenvalue weighted by molar-refractivity contribution is 5.95. The van der Waals surface area contributed by atoms with Gasteiger partial charge in [0.05, 0.1) is 23.5 Å². The van der Waals surface area contributed by atoms with Crippen LogP contribution in [0.2, 0.25) is 0 Å². The van der Waals surface area contributed by atoms with Crippen LogP contribution in [-0.2, 0) is 4.79 Å². The number of carbonyl (C=O) groups excluding carboxylic acids is 1. The first-order valence-corrected chi connectivity index (χ1v) is 7.85. The molecule has 10 nitrogen and oxygen atoms in total. The third-order valence-electron chi connectivity index (χ3n) is 3.94. The van der Waals surface area contributed by atoms with Crippen LogP contribution < -0.4 is 15.4 Å². The molecule has 10 heteroatoms. The zero-order valence-electron chi connectivity index (χ0n) is 14.9. The topological polar surface area (TPSA) is 137 Å². The summed E-state index contributed by atoms with van der Waals surface area (Å²) in [4.78, 5) is 33.1. The summed E-state index contributed by atoms with van der Waals surface area (Å²) in [5.41, 5.74) is 1.53. The SMILES string of the molecule is COc1cc(NC(=O)CNc2cccc([N+](=O)[O-])c2C)c(C)cc1[N+](=O)[O-]. The third kappa shape index (κ3) is 4.48. The van der Waals surface area contributed by atoms with Crippen molar-refractivity contribution < 1.29 is 19.4 Å². The average Bonchev–Trinajstić information content (AvgIpc) is 2.61. The largest absolute Gasteiger partial charge is 0.490 e. The van der Waals surface area contributed by atoms with Crippen LogP contribution in [0.3, 0.4) is 0 Å². The quantitative estimate of drug-likeness (QED) is 0.561. The van der Waals surface area contributed by atoms with Gasteiger partial charge in [0.15, 0.2) is 5.75 Å². The molecular weight excluding hydrogens is 356 g/mol. The first kappa shape index (κ1) is 19.6. The fraction of sp³-hybridized carbons (Fsp3) is 0.235. The number of nitrogens with one attached hydrogen (secondary N) is 2. The molecule has 142 valence electrons. The van der Waals surface area contributed by atoms with Gasteiger partial charge < -0.3 is 15.4 Å². The molecule has 2 aromatic carbocycles. The van der Waals surface area contributed by atoms with Crippen LogP contribution in [0.1, 0.15) is 11.1 Å². The number of carbonyl (C=O) groups is 1. The van der Waals surface area contributed by atoms with Gasteiger partial charge in [0.25, 0.3) is 5.69 Å². The Kier molecular flexibility index (Phi) is 5.91. The summed E-state index contributed by atoms with van der Waals surface area (Å²) in [7, 11) is 1.30. The Morgan fingerprint density at radius 3 is 2.33 bits per heavy atom. The molecule has 0 radical (unpaired) electrons. The molecule has 0 aliphatic carbocycles. The second-order valence-electron chi connectivity index (χ2n) is 5.70. The van der Waals surface area contributed by atoms with Gasteiger partial charge in [0, 0.05) is 35.1 Å². The number of aryl methyl sites for hydroxylation is 1. The maximum absolute atomic E-state index is 12.2. The maximum atomic E-state index is 12.2. The predicted octanol–water partition coefficient (Wildman–Crippen LogP) is 3.18. The van der Waals surface area contributed by atoms with E-state index in [0.29, 0.717) is 22.5 Å². The number of rotatable bonds is 7. The van der Waals surface area contributed by atoms with Gasteiger partial charge in [-0.3, -0.25) is 25.0 Å². The van der Waals surface area contributed by atoms with Crippen LogP contribution in [0.25, 0.3) is 0 Å². The Labute approximate surface area is 154 Å². The summed E-state index contributed by atoms with van der Waals surface area (Å²) in [6.07, 6.45) is 0. The normalized spacial score (nSPS) is 10.2. The predicted molar refractivity (Wildman–Crippen MR) is 99.3 cm³/mol. The van der Waals surface area contributed by atoms with Crippen LogP contribution >= 0.6 is 0 Å². The molecule has 0 bridgehead atoms. The van der Waals surface area contributed by atoms with E-state index in [0.717, 1.165) is 0 Å². The highest BCUT2D eigenvalue weighted by Gasteiger charge is 2.19. The van der Waals surface area contributed by atoms with Crippen molar-refractivity contribution in [1.29, 1.82) is 0 Å². The number of nitro groups is 2. The second kappa shape index (κ2) is 8.13. The summed E-state index contributed by atoms with van der Waals surface area (Å²) < 4.78 is 4.99. The lowest BCUT2D eigenvalue weighted by Crippen LogP contribution is -2.22. The minimum Gasteiger partial charge on any atom is -0.490 e. The van der Waals surface area contributed by atoms with Crippen LogP contribution in [0.15, 0.2) is 30.3 Å². The standard InChI is InChI=1S/C17H18N4O6/c1-10-7-15(21(25)26)16(27-3)8-13(10)19-17(22)9-18-12-5-4-6-14(11(12)2)20(23)24/h4-8,18H,9H2,1-3H3,(H,19,22). The van der Waals surface area contributed by atoms with E-state index in [1.807, 2.05) is 0 Å². The first-order chi connectivity index (χ1) is 12.7. The number of nitro benzene ring substituents is 2. The van der Waals surface area contributed by atoms with E-state index in [1.165, 1.54) is 31.4 Å². The maximum Gasteiger partial charge on any atom is 0.311 e. The zero-order valence-corrected chi connectivity index (χ0v) is 14.9. The van der Waals surface area contributed by atoms with Crippen molar-refractivity contribution in [2.45, 2.75) is 13.8 Å². The molecule has 0 saturated heterocycles. The van der Waals surface area contributed by atoms with Crippen LogP contribution in [0.5, 0.6) is 5.75 Å². The molecule has 0 aromatic heterocycles. The van der Waals surface area contributed by atoms with Crippen LogP contribution in [0, 0.1) is 34.1 Å². The highest BCUT2D eigenvalue weighted by Crippen LogP contribution is 2.32. The number of anilines is 2. The summed E-state index contributed by atoms with van der Waals surface area (Å²) in [5.74, 6) is -0.386. The van der Waals surface area contributed by atoms with Gasteiger partial charge in [-0.1, -0.05) is 6.07 Å². The zero-order chi connectivity index (χ0) is 20.1. The summed E-state index contributed by atoms with van der Waals surface area (Å²) in [6, 6.07) is 7.23. The minimum absolute atomic E-state index is 0.0309. The highest BCUT2D eigenvalue weighted by atomic mass is 16.6. The molecule has 2 aromatic rings.